The van der Waals surface area contributed by atoms with Gasteiger partial charge in [-0.05, 0) is 36.4 Å². The second-order valence-corrected chi connectivity index (χ2v) is 6.74. The van der Waals surface area contributed by atoms with Gasteiger partial charge in [0.15, 0.2) is 0 Å². The average Bonchev–Trinajstić information content (AvgIpc) is 3.28. The molecule has 3 heterocycles. The third-order valence-electron chi connectivity index (χ3n) is 4.91. The predicted molar refractivity (Wildman–Crippen MR) is 109 cm³/mol. The lowest BCUT2D eigenvalue weighted by Crippen LogP contribution is -2.38. The van der Waals surface area contributed by atoms with Gasteiger partial charge in [0.1, 0.15) is 5.76 Å². The fraction of sp³-hybridized carbons (Fsp3) is 0.381. The van der Waals surface area contributed by atoms with Crippen molar-refractivity contribution < 1.29 is 18.7 Å². The first-order valence-electron chi connectivity index (χ1n) is 9.61. The first-order chi connectivity index (χ1) is 13.8. The number of anilines is 3. The molecule has 1 aromatic carbocycles. The molecule has 0 radical (unpaired) electrons. The van der Waals surface area contributed by atoms with Crippen molar-refractivity contribution in [2.45, 2.75) is 0 Å². The van der Waals surface area contributed by atoms with Crippen LogP contribution in [0.2, 0.25) is 0 Å². The highest BCUT2D eigenvalue weighted by molar-refractivity contribution is 6.04. The van der Waals surface area contributed by atoms with E-state index in [0.717, 1.165) is 56.5 Å². The first-order valence-corrected chi connectivity index (χ1v) is 9.61. The lowest BCUT2D eigenvalue weighted by molar-refractivity contribution is -0.111. The smallest absolute Gasteiger partial charge is 0.248 e. The van der Waals surface area contributed by atoms with Crippen LogP contribution in [0.1, 0.15) is 5.76 Å². The lowest BCUT2D eigenvalue weighted by atomic mass is 10.1. The number of furan rings is 1. The number of carbonyl (C=O) groups excluding carboxylic acids is 1. The van der Waals surface area contributed by atoms with E-state index in [1.54, 1.807) is 24.5 Å². The SMILES string of the molecule is O=C(C=Cc1ccco1)Nc1ccc(N2CCOCC2)cc1N1CCOCC1. The minimum absolute atomic E-state index is 0.190. The summed E-state index contributed by atoms with van der Waals surface area (Å²) in [5, 5.41) is 3.01. The molecule has 0 atom stereocenters. The van der Waals surface area contributed by atoms with Gasteiger partial charge in [-0.15, -0.1) is 0 Å². The van der Waals surface area contributed by atoms with Crippen molar-refractivity contribution in [3.63, 3.8) is 0 Å². The molecule has 2 fully saturated rings. The molecule has 2 saturated heterocycles. The van der Waals surface area contributed by atoms with Crippen LogP contribution in [0, 0.1) is 0 Å². The van der Waals surface area contributed by atoms with Crippen LogP contribution in [-0.4, -0.2) is 58.5 Å². The van der Waals surface area contributed by atoms with E-state index in [2.05, 4.69) is 27.2 Å². The molecule has 7 heteroatoms. The largest absolute Gasteiger partial charge is 0.465 e. The summed E-state index contributed by atoms with van der Waals surface area (Å²) in [6, 6.07) is 9.79. The minimum atomic E-state index is -0.190. The van der Waals surface area contributed by atoms with E-state index < -0.39 is 0 Å². The summed E-state index contributed by atoms with van der Waals surface area (Å²) in [5.41, 5.74) is 2.97. The van der Waals surface area contributed by atoms with E-state index in [9.17, 15) is 4.79 Å². The maximum atomic E-state index is 12.4. The van der Waals surface area contributed by atoms with Crippen molar-refractivity contribution in [1.82, 2.24) is 0 Å². The second-order valence-electron chi connectivity index (χ2n) is 6.74. The number of amides is 1. The fourth-order valence-corrected chi connectivity index (χ4v) is 3.43. The molecule has 2 aliphatic heterocycles. The van der Waals surface area contributed by atoms with Crippen LogP contribution in [-0.2, 0) is 14.3 Å². The number of ether oxygens (including phenoxy) is 2. The molecule has 1 N–H and O–H groups in total. The van der Waals surface area contributed by atoms with Crippen molar-refractivity contribution in [3.05, 3.63) is 48.4 Å². The molecule has 0 aliphatic carbocycles. The number of nitrogens with one attached hydrogen (secondary N) is 1. The maximum absolute atomic E-state index is 12.4. The van der Waals surface area contributed by atoms with E-state index in [0.29, 0.717) is 19.0 Å². The van der Waals surface area contributed by atoms with Gasteiger partial charge in [-0.1, -0.05) is 0 Å². The Labute approximate surface area is 164 Å². The van der Waals surface area contributed by atoms with Gasteiger partial charge in [-0.2, -0.15) is 0 Å². The zero-order valence-electron chi connectivity index (χ0n) is 15.8. The molecule has 4 rings (SSSR count). The summed E-state index contributed by atoms with van der Waals surface area (Å²) < 4.78 is 16.2. The molecule has 2 aromatic rings. The Bertz CT molecular complexity index is 807. The Morgan fingerprint density at radius 1 is 0.964 bits per heavy atom. The van der Waals surface area contributed by atoms with Crippen molar-refractivity contribution in [2.24, 2.45) is 0 Å². The number of rotatable bonds is 5. The van der Waals surface area contributed by atoms with E-state index in [1.807, 2.05) is 6.07 Å². The lowest BCUT2D eigenvalue weighted by Gasteiger charge is -2.33. The summed E-state index contributed by atoms with van der Waals surface area (Å²) in [7, 11) is 0. The van der Waals surface area contributed by atoms with Gasteiger partial charge in [0.2, 0.25) is 5.91 Å². The predicted octanol–water partition coefficient (Wildman–Crippen LogP) is 2.60. The maximum Gasteiger partial charge on any atom is 0.248 e. The Hall–Kier alpha value is -2.77. The van der Waals surface area contributed by atoms with Gasteiger partial charge >= 0.3 is 0 Å². The molecule has 28 heavy (non-hydrogen) atoms. The molecular weight excluding hydrogens is 358 g/mol. The van der Waals surface area contributed by atoms with Crippen LogP contribution in [0.3, 0.4) is 0 Å². The summed E-state index contributed by atoms with van der Waals surface area (Å²) in [4.78, 5) is 17.0. The number of nitrogens with zero attached hydrogens (tertiary/aromatic N) is 2. The third-order valence-corrected chi connectivity index (χ3v) is 4.91. The van der Waals surface area contributed by atoms with Gasteiger partial charge in [-0.3, -0.25) is 4.79 Å². The van der Waals surface area contributed by atoms with Crippen LogP contribution in [0.4, 0.5) is 17.1 Å². The molecule has 7 nitrogen and oxygen atoms in total. The topological polar surface area (TPSA) is 67.2 Å². The van der Waals surface area contributed by atoms with Gasteiger partial charge in [-0.25, -0.2) is 0 Å². The summed E-state index contributed by atoms with van der Waals surface area (Å²) in [6.07, 6.45) is 4.72. The molecular formula is C21H25N3O4. The summed E-state index contributed by atoms with van der Waals surface area (Å²) >= 11 is 0. The van der Waals surface area contributed by atoms with Crippen LogP contribution in [0.25, 0.3) is 6.08 Å². The Balaban J connectivity index is 1.54. The van der Waals surface area contributed by atoms with Gasteiger partial charge in [0.25, 0.3) is 0 Å². The molecule has 1 aromatic heterocycles. The Morgan fingerprint density at radius 3 is 2.36 bits per heavy atom. The fourth-order valence-electron chi connectivity index (χ4n) is 3.43. The van der Waals surface area contributed by atoms with Crippen molar-refractivity contribution >= 4 is 29.0 Å². The molecule has 0 saturated carbocycles. The van der Waals surface area contributed by atoms with Crippen LogP contribution in [0.5, 0.6) is 0 Å². The van der Waals surface area contributed by atoms with E-state index >= 15 is 0 Å². The average molecular weight is 383 g/mol. The Kier molecular flexibility index (Phi) is 5.94. The van der Waals surface area contributed by atoms with Crippen LogP contribution in [0.15, 0.2) is 47.1 Å². The monoisotopic (exact) mass is 383 g/mol. The number of hydrogen-bond acceptors (Lipinski definition) is 6. The normalized spacial score (nSPS) is 17.9. The molecule has 1 amide bonds. The highest BCUT2D eigenvalue weighted by Gasteiger charge is 2.19. The highest BCUT2D eigenvalue weighted by atomic mass is 16.5. The quantitative estimate of drug-likeness (QED) is 0.801. The molecule has 0 spiro atoms. The van der Waals surface area contributed by atoms with Gasteiger partial charge < -0.3 is 29.0 Å². The number of benzene rings is 1. The minimum Gasteiger partial charge on any atom is -0.465 e. The summed E-state index contributed by atoms with van der Waals surface area (Å²) in [6.45, 7) is 6.21. The van der Waals surface area contributed by atoms with E-state index in [-0.39, 0.29) is 5.91 Å². The number of hydrogen-bond donors (Lipinski definition) is 1. The molecule has 0 unspecified atom stereocenters. The molecule has 0 bridgehead atoms. The van der Waals surface area contributed by atoms with Crippen LogP contribution >= 0.6 is 0 Å². The number of morpholine rings is 2. The van der Waals surface area contributed by atoms with Crippen molar-refractivity contribution in [2.75, 3.05) is 67.7 Å². The Morgan fingerprint density at radius 2 is 1.68 bits per heavy atom. The second kappa shape index (κ2) is 8.95. The molecule has 2 aliphatic rings. The number of carbonyl (C=O) groups is 1. The zero-order valence-corrected chi connectivity index (χ0v) is 15.8. The highest BCUT2D eigenvalue weighted by Crippen LogP contribution is 2.32. The van der Waals surface area contributed by atoms with E-state index in [4.69, 9.17) is 13.9 Å². The van der Waals surface area contributed by atoms with E-state index in [1.165, 1.54) is 6.08 Å². The van der Waals surface area contributed by atoms with Gasteiger partial charge in [0, 0.05) is 37.9 Å². The van der Waals surface area contributed by atoms with Crippen molar-refractivity contribution in [3.8, 4) is 0 Å². The zero-order chi connectivity index (χ0) is 19.2. The van der Waals surface area contributed by atoms with Crippen molar-refractivity contribution in [1.29, 1.82) is 0 Å². The summed E-state index contributed by atoms with van der Waals surface area (Å²) in [5.74, 6) is 0.455. The first kappa shape index (κ1) is 18.6. The third kappa shape index (κ3) is 4.55. The molecule has 148 valence electrons. The standard InChI is InChI=1S/C21H25N3O4/c25-21(6-4-18-2-1-11-28-18)22-19-5-3-17(23-7-12-26-13-8-23)16-20(19)24-9-14-27-15-10-24/h1-6,11,16H,7-10,12-15H2,(H,22,25). The van der Waals surface area contributed by atoms with Gasteiger partial charge in [0.05, 0.1) is 44.1 Å². The van der Waals surface area contributed by atoms with Crippen LogP contribution < -0.4 is 15.1 Å².